The normalized spacial score (nSPS) is 11.6. The molecule has 1 amide bonds. The van der Waals surface area contributed by atoms with Crippen molar-refractivity contribution in [3.63, 3.8) is 0 Å². The van der Waals surface area contributed by atoms with E-state index in [1.54, 1.807) is 49.6 Å². The van der Waals surface area contributed by atoms with Gasteiger partial charge >= 0.3 is 5.97 Å². The Kier molecular flexibility index (Phi) is 6.51. The summed E-state index contributed by atoms with van der Waals surface area (Å²) in [5.74, 6) is -1.51. The predicted molar refractivity (Wildman–Crippen MR) is 90.9 cm³/mol. The van der Waals surface area contributed by atoms with Crippen molar-refractivity contribution in [1.82, 2.24) is 5.32 Å². The summed E-state index contributed by atoms with van der Waals surface area (Å²) in [5.41, 5.74) is 1.12. The third-order valence-electron chi connectivity index (χ3n) is 3.87. The van der Waals surface area contributed by atoms with Crippen molar-refractivity contribution in [3.05, 3.63) is 65.5 Å². The average molecular weight is 345 g/mol. The maximum absolute atomic E-state index is 13.6. The molecule has 5 nitrogen and oxygen atoms in total. The molecule has 0 fully saturated rings. The number of aliphatic carboxylic acids is 1. The number of amides is 1. The molecule has 1 atom stereocenters. The first kappa shape index (κ1) is 18.4. The SMILES string of the molecule is COc1ccc(C(CC(=O)O)CC(=O)NCc2ccccc2F)cc1. The van der Waals surface area contributed by atoms with Gasteiger partial charge in [-0.25, -0.2) is 4.39 Å². The van der Waals surface area contributed by atoms with E-state index in [0.29, 0.717) is 11.3 Å². The molecule has 132 valence electrons. The quantitative estimate of drug-likeness (QED) is 0.771. The number of methoxy groups -OCH3 is 1. The van der Waals surface area contributed by atoms with Crippen molar-refractivity contribution in [1.29, 1.82) is 0 Å². The number of carboxylic acid groups (broad SMARTS) is 1. The van der Waals surface area contributed by atoms with Crippen molar-refractivity contribution in [2.75, 3.05) is 7.11 Å². The molecule has 0 aliphatic rings. The minimum absolute atomic E-state index is 0.00703. The number of ether oxygens (including phenoxy) is 1. The number of hydrogen-bond donors (Lipinski definition) is 2. The summed E-state index contributed by atoms with van der Waals surface area (Å²) in [6.07, 6.45) is -0.160. The molecule has 0 aliphatic heterocycles. The Balaban J connectivity index is 2.01. The Labute approximate surface area is 145 Å². The van der Waals surface area contributed by atoms with Crippen LogP contribution in [-0.2, 0) is 16.1 Å². The van der Waals surface area contributed by atoms with Gasteiger partial charge in [-0.1, -0.05) is 30.3 Å². The van der Waals surface area contributed by atoms with Gasteiger partial charge in [0.2, 0.25) is 5.91 Å². The molecule has 2 rings (SSSR count). The predicted octanol–water partition coefficient (Wildman–Crippen LogP) is 3.10. The first-order valence-corrected chi connectivity index (χ1v) is 7.85. The fourth-order valence-corrected chi connectivity index (χ4v) is 2.53. The average Bonchev–Trinajstić information content (AvgIpc) is 2.60. The van der Waals surface area contributed by atoms with E-state index < -0.39 is 11.9 Å². The van der Waals surface area contributed by atoms with Crippen LogP contribution in [0.3, 0.4) is 0 Å². The van der Waals surface area contributed by atoms with Crippen LogP contribution in [0.25, 0.3) is 0 Å². The molecule has 0 spiro atoms. The second kappa shape index (κ2) is 8.82. The molecule has 0 aromatic heterocycles. The van der Waals surface area contributed by atoms with Crippen molar-refractivity contribution in [2.45, 2.75) is 25.3 Å². The molecule has 0 heterocycles. The van der Waals surface area contributed by atoms with Gasteiger partial charge in [-0.3, -0.25) is 9.59 Å². The van der Waals surface area contributed by atoms with Gasteiger partial charge in [0.1, 0.15) is 11.6 Å². The Bertz CT molecular complexity index is 730. The largest absolute Gasteiger partial charge is 0.497 e. The van der Waals surface area contributed by atoms with E-state index in [2.05, 4.69) is 5.32 Å². The van der Waals surface area contributed by atoms with Crippen LogP contribution in [0.5, 0.6) is 5.75 Å². The lowest BCUT2D eigenvalue weighted by Gasteiger charge is -2.16. The maximum atomic E-state index is 13.6. The molecule has 6 heteroatoms. The van der Waals surface area contributed by atoms with Crippen molar-refractivity contribution in [3.8, 4) is 5.75 Å². The highest BCUT2D eigenvalue weighted by molar-refractivity contribution is 5.78. The van der Waals surface area contributed by atoms with E-state index in [0.717, 1.165) is 5.56 Å². The first-order valence-electron chi connectivity index (χ1n) is 7.85. The lowest BCUT2D eigenvalue weighted by molar-refractivity contribution is -0.137. The van der Waals surface area contributed by atoms with Crippen molar-refractivity contribution in [2.24, 2.45) is 0 Å². The van der Waals surface area contributed by atoms with Crippen LogP contribution in [0.4, 0.5) is 4.39 Å². The highest BCUT2D eigenvalue weighted by atomic mass is 19.1. The number of rotatable bonds is 8. The molecule has 0 radical (unpaired) electrons. The van der Waals surface area contributed by atoms with Gasteiger partial charge in [0.25, 0.3) is 0 Å². The first-order chi connectivity index (χ1) is 12.0. The highest BCUT2D eigenvalue weighted by Gasteiger charge is 2.19. The van der Waals surface area contributed by atoms with Gasteiger partial charge in [0, 0.05) is 24.4 Å². The maximum Gasteiger partial charge on any atom is 0.303 e. The zero-order chi connectivity index (χ0) is 18.2. The Morgan fingerprint density at radius 1 is 1.12 bits per heavy atom. The monoisotopic (exact) mass is 345 g/mol. The van der Waals surface area contributed by atoms with Crippen LogP contribution in [0.15, 0.2) is 48.5 Å². The molecule has 2 aromatic carbocycles. The molecule has 2 aromatic rings. The second-order valence-corrected chi connectivity index (χ2v) is 5.64. The molecule has 0 bridgehead atoms. The number of carbonyl (C=O) groups excluding carboxylic acids is 1. The van der Waals surface area contributed by atoms with Crippen LogP contribution in [0, 0.1) is 5.82 Å². The smallest absolute Gasteiger partial charge is 0.303 e. The fraction of sp³-hybridized carbons (Fsp3) is 0.263. The standard InChI is InChI=1S/C19H20FNO4/c1-25-16-8-6-13(7-9-16)15(11-19(23)24)10-18(22)21-12-14-4-2-3-5-17(14)20/h2-9,15H,10-12H2,1H3,(H,21,22)(H,23,24). The van der Waals surface area contributed by atoms with Crippen LogP contribution < -0.4 is 10.1 Å². The molecule has 2 N–H and O–H groups in total. The molecule has 1 unspecified atom stereocenters. The summed E-state index contributed by atoms with van der Waals surface area (Å²) >= 11 is 0. The lowest BCUT2D eigenvalue weighted by Crippen LogP contribution is -2.25. The minimum atomic E-state index is -0.984. The van der Waals surface area contributed by atoms with Gasteiger partial charge < -0.3 is 15.2 Å². The van der Waals surface area contributed by atoms with Crippen LogP contribution in [0.1, 0.15) is 29.9 Å². The van der Waals surface area contributed by atoms with E-state index >= 15 is 0 Å². The topological polar surface area (TPSA) is 75.6 Å². The van der Waals surface area contributed by atoms with E-state index in [9.17, 15) is 14.0 Å². The molecular formula is C19H20FNO4. The Morgan fingerprint density at radius 3 is 2.40 bits per heavy atom. The number of carboxylic acids is 1. The number of halogens is 1. The van der Waals surface area contributed by atoms with Gasteiger partial charge in [0.05, 0.1) is 13.5 Å². The minimum Gasteiger partial charge on any atom is -0.497 e. The third-order valence-corrected chi connectivity index (χ3v) is 3.87. The summed E-state index contributed by atoms with van der Waals surface area (Å²) in [5, 5.41) is 11.7. The van der Waals surface area contributed by atoms with Crippen molar-refractivity contribution < 1.29 is 23.8 Å². The molecule has 0 saturated carbocycles. The zero-order valence-electron chi connectivity index (χ0n) is 13.9. The zero-order valence-corrected chi connectivity index (χ0v) is 13.9. The summed E-state index contributed by atoms with van der Waals surface area (Å²) in [4.78, 5) is 23.3. The Morgan fingerprint density at radius 2 is 1.80 bits per heavy atom. The van der Waals surface area contributed by atoms with E-state index in [-0.39, 0.29) is 31.1 Å². The number of nitrogens with one attached hydrogen (secondary N) is 1. The molecule has 0 saturated heterocycles. The summed E-state index contributed by atoms with van der Waals surface area (Å²) in [6, 6.07) is 13.1. The van der Waals surface area contributed by atoms with E-state index in [1.165, 1.54) is 6.07 Å². The molecular weight excluding hydrogens is 325 g/mol. The van der Waals surface area contributed by atoms with Crippen LogP contribution >= 0.6 is 0 Å². The second-order valence-electron chi connectivity index (χ2n) is 5.64. The number of hydrogen-bond acceptors (Lipinski definition) is 3. The third kappa shape index (κ3) is 5.60. The van der Waals surface area contributed by atoms with Gasteiger partial charge in [-0.2, -0.15) is 0 Å². The molecule has 0 aliphatic carbocycles. The van der Waals surface area contributed by atoms with E-state index in [4.69, 9.17) is 9.84 Å². The summed E-state index contributed by atoms with van der Waals surface area (Å²) < 4.78 is 18.6. The lowest BCUT2D eigenvalue weighted by atomic mass is 9.92. The summed E-state index contributed by atoms with van der Waals surface area (Å²) in [6.45, 7) is 0.0634. The molecule has 25 heavy (non-hydrogen) atoms. The van der Waals surface area contributed by atoms with Gasteiger partial charge in [0.15, 0.2) is 0 Å². The number of carbonyl (C=O) groups is 2. The van der Waals surface area contributed by atoms with Crippen LogP contribution in [-0.4, -0.2) is 24.1 Å². The van der Waals surface area contributed by atoms with Crippen molar-refractivity contribution >= 4 is 11.9 Å². The van der Waals surface area contributed by atoms with Crippen LogP contribution in [0.2, 0.25) is 0 Å². The number of benzene rings is 2. The highest BCUT2D eigenvalue weighted by Crippen LogP contribution is 2.25. The van der Waals surface area contributed by atoms with Gasteiger partial charge in [-0.05, 0) is 23.8 Å². The Hall–Kier alpha value is -2.89. The fourth-order valence-electron chi connectivity index (χ4n) is 2.53. The van der Waals surface area contributed by atoms with Gasteiger partial charge in [-0.15, -0.1) is 0 Å². The summed E-state index contributed by atoms with van der Waals surface area (Å²) in [7, 11) is 1.54. The van der Waals surface area contributed by atoms with E-state index in [1.807, 2.05) is 0 Å².